The number of halogens is 2. The number of aryl methyl sites for hydroxylation is 1. The molecule has 3 nitrogen and oxygen atoms in total. The van der Waals surface area contributed by atoms with Crippen molar-refractivity contribution in [2.75, 3.05) is 5.73 Å². The number of hydrogen-bond donors (Lipinski definition) is 1. The molecule has 2 rings (SSSR count). The fourth-order valence-electron chi connectivity index (χ4n) is 1.28. The molecule has 0 aliphatic heterocycles. The minimum Gasteiger partial charge on any atom is -0.383 e. The number of benzene rings is 1. The highest BCUT2D eigenvalue weighted by atomic mass is 19.2. The number of fused-ring (bicyclic) bond motifs is 1. The van der Waals surface area contributed by atoms with Crippen LogP contribution in [0.2, 0.25) is 0 Å². The first-order valence-corrected chi connectivity index (χ1v) is 3.97. The predicted octanol–water partition coefficient (Wildman–Crippen LogP) is 1.80. The van der Waals surface area contributed by atoms with Gasteiger partial charge >= 0.3 is 0 Å². The van der Waals surface area contributed by atoms with Crippen LogP contribution in [0.1, 0.15) is 5.82 Å². The summed E-state index contributed by atoms with van der Waals surface area (Å²) >= 11 is 0. The molecule has 2 N–H and O–H groups in total. The zero-order valence-corrected chi connectivity index (χ0v) is 7.38. The topological polar surface area (TPSA) is 51.8 Å². The van der Waals surface area contributed by atoms with E-state index in [0.717, 1.165) is 6.07 Å². The molecule has 1 aromatic carbocycles. The molecule has 1 aromatic heterocycles. The second-order valence-electron chi connectivity index (χ2n) is 2.91. The first-order chi connectivity index (χ1) is 6.59. The molecule has 0 spiro atoms. The van der Waals surface area contributed by atoms with E-state index in [1.54, 1.807) is 6.92 Å². The predicted molar refractivity (Wildman–Crippen MR) is 48.6 cm³/mol. The van der Waals surface area contributed by atoms with Crippen LogP contribution in [0, 0.1) is 18.6 Å². The van der Waals surface area contributed by atoms with Crippen molar-refractivity contribution >= 4 is 16.7 Å². The number of rotatable bonds is 0. The van der Waals surface area contributed by atoms with Crippen LogP contribution in [0.5, 0.6) is 0 Å². The molecule has 1 heterocycles. The Hall–Kier alpha value is -1.78. The smallest absolute Gasteiger partial charge is 0.185 e. The monoisotopic (exact) mass is 195 g/mol. The van der Waals surface area contributed by atoms with Gasteiger partial charge in [0.2, 0.25) is 0 Å². The molecule has 2 aromatic rings. The molecule has 0 radical (unpaired) electrons. The lowest BCUT2D eigenvalue weighted by atomic mass is 10.2. The summed E-state index contributed by atoms with van der Waals surface area (Å²) in [7, 11) is 0. The van der Waals surface area contributed by atoms with Gasteiger partial charge in [0.1, 0.15) is 17.2 Å². The summed E-state index contributed by atoms with van der Waals surface area (Å²) in [5, 5.41) is 0.328. The molecule has 0 aliphatic rings. The molecular weight excluding hydrogens is 188 g/mol. The van der Waals surface area contributed by atoms with E-state index in [2.05, 4.69) is 9.97 Å². The first-order valence-electron chi connectivity index (χ1n) is 3.97. The third kappa shape index (κ3) is 1.17. The van der Waals surface area contributed by atoms with Crippen LogP contribution >= 0.6 is 0 Å². The van der Waals surface area contributed by atoms with Crippen molar-refractivity contribution in [2.45, 2.75) is 6.92 Å². The van der Waals surface area contributed by atoms with E-state index in [0.29, 0.717) is 11.2 Å². The van der Waals surface area contributed by atoms with Crippen molar-refractivity contribution in [3.05, 3.63) is 29.6 Å². The second kappa shape index (κ2) is 2.87. The lowest BCUT2D eigenvalue weighted by Gasteiger charge is -2.03. The first kappa shape index (κ1) is 8.80. The molecule has 0 fully saturated rings. The zero-order chi connectivity index (χ0) is 10.3. The minimum atomic E-state index is -0.986. The maximum Gasteiger partial charge on any atom is 0.185 e. The number of aromatic nitrogens is 2. The summed E-state index contributed by atoms with van der Waals surface area (Å²) in [5.41, 5.74) is 5.46. The summed E-state index contributed by atoms with van der Waals surface area (Å²) in [5.74, 6) is -1.44. The van der Waals surface area contributed by atoms with Crippen LogP contribution in [0.3, 0.4) is 0 Å². The Labute approximate surface area is 78.6 Å². The summed E-state index contributed by atoms with van der Waals surface area (Å²) in [6.07, 6.45) is 0. The van der Waals surface area contributed by atoms with E-state index in [4.69, 9.17) is 5.73 Å². The van der Waals surface area contributed by atoms with Gasteiger partial charge in [-0.05, 0) is 19.1 Å². The van der Waals surface area contributed by atoms with E-state index in [9.17, 15) is 8.78 Å². The van der Waals surface area contributed by atoms with E-state index < -0.39 is 11.6 Å². The van der Waals surface area contributed by atoms with Crippen LogP contribution in [-0.4, -0.2) is 9.97 Å². The average molecular weight is 195 g/mol. The normalized spacial score (nSPS) is 10.8. The summed E-state index contributed by atoms with van der Waals surface area (Å²) in [4.78, 5) is 7.64. The van der Waals surface area contributed by atoms with Crippen molar-refractivity contribution in [3.63, 3.8) is 0 Å². The average Bonchev–Trinajstić information content (AvgIpc) is 2.12. The lowest BCUT2D eigenvalue weighted by molar-refractivity contribution is 0.515. The summed E-state index contributed by atoms with van der Waals surface area (Å²) < 4.78 is 26.1. The Morgan fingerprint density at radius 1 is 1.21 bits per heavy atom. The third-order valence-electron chi connectivity index (χ3n) is 1.90. The Bertz CT molecular complexity index is 511. The molecule has 5 heteroatoms. The minimum absolute atomic E-state index is 0.0741. The van der Waals surface area contributed by atoms with Crippen molar-refractivity contribution in [1.82, 2.24) is 9.97 Å². The highest BCUT2D eigenvalue weighted by Crippen LogP contribution is 2.21. The number of hydrogen-bond acceptors (Lipinski definition) is 3. The number of nitrogens with zero attached hydrogens (tertiary/aromatic N) is 2. The summed E-state index contributed by atoms with van der Waals surface area (Å²) in [6.45, 7) is 1.57. The van der Waals surface area contributed by atoms with Crippen molar-refractivity contribution < 1.29 is 8.78 Å². The van der Waals surface area contributed by atoms with Crippen LogP contribution in [0.4, 0.5) is 14.6 Å². The molecule has 14 heavy (non-hydrogen) atoms. The maximum absolute atomic E-state index is 13.2. The molecular formula is C9H7F2N3. The Kier molecular flexibility index (Phi) is 1.80. The number of anilines is 1. The number of nitrogen functional groups attached to an aromatic ring is 1. The molecule has 0 unspecified atom stereocenters. The molecule has 0 saturated carbocycles. The Morgan fingerprint density at radius 3 is 2.64 bits per heavy atom. The van der Waals surface area contributed by atoms with Gasteiger partial charge in [-0.25, -0.2) is 18.7 Å². The van der Waals surface area contributed by atoms with Gasteiger partial charge in [-0.2, -0.15) is 0 Å². The maximum atomic E-state index is 13.2. The van der Waals surface area contributed by atoms with Gasteiger partial charge in [-0.15, -0.1) is 0 Å². The van der Waals surface area contributed by atoms with Crippen LogP contribution in [-0.2, 0) is 0 Å². The van der Waals surface area contributed by atoms with E-state index in [1.165, 1.54) is 6.07 Å². The van der Waals surface area contributed by atoms with Gasteiger partial charge in [-0.1, -0.05) is 0 Å². The molecule has 0 atom stereocenters. The van der Waals surface area contributed by atoms with Crippen molar-refractivity contribution in [3.8, 4) is 0 Å². The fraction of sp³-hybridized carbons (Fsp3) is 0.111. The van der Waals surface area contributed by atoms with Crippen LogP contribution in [0.25, 0.3) is 10.9 Å². The molecule has 72 valence electrons. The zero-order valence-electron chi connectivity index (χ0n) is 7.38. The van der Waals surface area contributed by atoms with E-state index >= 15 is 0 Å². The van der Waals surface area contributed by atoms with Gasteiger partial charge in [0, 0.05) is 5.39 Å². The second-order valence-corrected chi connectivity index (χ2v) is 2.91. The van der Waals surface area contributed by atoms with E-state index in [1.807, 2.05) is 0 Å². The van der Waals surface area contributed by atoms with Gasteiger partial charge in [0.25, 0.3) is 0 Å². The molecule has 0 bridgehead atoms. The highest BCUT2D eigenvalue weighted by molar-refractivity contribution is 5.88. The molecule has 0 aliphatic carbocycles. The number of nitrogens with two attached hydrogens (primary N) is 1. The SMILES string of the molecule is Cc1nc(N)c2ccc(F)c(F)c2n1. The van der Waals surface area contributed by atoms with Gasteiger partial charge < -0.3 is 5.73 Å². The van der Waals surface area contributed by atoms with E-state index in [-0.39, 0.29) is 11.3 Å². The van der Waals surface area contributed by atoms with Gasteiger partial charge in [0.15, 0.2) is 11.6 Å². The fourth-order valence-corrected chi connectivity index (χ4v) is 1.28. The van der Waals surface area contributed by atoms with Gasteiger partial charge in [-0.3, -0.25) is 0 Å². The Balaban J connectivity index is 2.95. The van der Waals surface area contributed by atoms with Crippen LogP contribution < -0.4 is 5.73 Å². The quantitative estimate of drug-likeness (QED) is 0.697. The van der Waals surface area contributed by atoms with Crippen molar-refractivity contribution in [1.29, 1.82) is 0 Å². The standard InChI is InChI=1S/C9H7F2N3/c1-4-13-8-5(9(12)14-4)2-3-6(10)7(8)11/h2-3H,1H3,(H2,12,13,14). The summed E-state index contributed by atoms with van der Waals surface area (Å²) in [6, 6.07) is 2.37. The third-order valence-corrected chi connectivity index (χ3v) is 1.90. The highest BCUT2D eigenvalue weighted by Gasteiger charge is 2.11. The van der Waals surface area contributed by atoms with Crippen molar-refractivity contribution in [2.24, 2.45) is 0 Å². The Morgan fingerprint density at radius 2 is 1.93 bits per heavy atom. The lowest BCUT2D eigenvalue weighted by Crippen LogP contribution is -1.99. The van der Waals surface area contributed by atoms with Crippen LogP contribution in [0.15, 0.2) is 12.1 Å². The molecule has 0 saturated heterocycles. The molecule has 0 amide bonds. The largest absolute Gasteiger partial charge is 0.383 e. The van der Waals surface area contributed by atoms with Gasteiger partial charge in [0.05, 0.1) is 0 Å².